The first-order valence-corrected chi connectivity index (χ1v) is 12.8. The van der Waals surface area contributed by atoms with Gasteiger partial charge in [0.15, 0.2) is 5.96 Å². The van der Waals surface area contributed by atoms with Crippen molar-refractivity contribution in [2.24, 2.45) is 16.8 Å². The van der Waals surface area contributed by atoms with Crippen LogP contribution in [0.4, 0.5) is 0 Å². The minimum Gasteiger partial charge on any atom is -0.357 e. The van der Waals surface area contributed by atoms with Gasteiger partial charge in [-0.3, -0.25) is 14.7 Å². The molecule has 0 aromatic rings. The van der Waals surface area contributed by atoms with E-state index in [1.54, 1.807) is 0 Å². The molecule has 31 heavy (non-hydrogen) atoms. The highest BCUT2D eigenvalue weighted by atomic mass is 16.2. The molecule has 0 aliphatic carbocycles. The van der Waals surface area contributed by atoms with Crippen molar-refractivity contribution in [1.29, 1.82) is 0 Å². The number of hydrogen-bond donors (Lipinski definition) is 1. The molecule has 3 aliphatic rings. The molecule has 3 aliphatic heterocycles. The maximum absolute atomic E-state index is 12.8. The van der Waals surface area contributed by atoms with Crippen LogP contribution in [-0.4, -0.2) is 110 Å². The van der Waals surface area contributed by atoms with E-state index in [0.29, 0.717) is 11.8 Å². The normalized spacial score (nSPS) is 25.3. The molecular formula is C24H46N6O. The summed E-state index contributed by atoms with van der Waals surface area (Å²) in [4.78, 5) is 27.2. The van der Waals surface area contributed by atoms with Gasteiger partial charge in [-0.1, -0.05) is 13.8 Å². The van der Waals surface area contributed by atoms with Gasteiger partial charge in [0.1, 0.15) is 0 Å². The summed E-state index contributed by atoms with van der Waals surface area (Å²) in [5.41, 5.74) is 0. The number of carbonyl (C=O) groups excluding carboxylic acids is 1. The van der Waals surface area contributed by atoms with Crippen LogP contribution in [0.25, 0.3) is 0 Å². The maximum Gasteiger partial charge on any atom is 0.239 e. The van der Waals surface area contributed by atoms with Crippen LogP contribution in [-0.2, 0) is 4.79 Å². The Kier molecular flexibility index (Phi) is 9.45. The van der Waals surface area contributed by atoms with Gasteiger partial charge in [0.05, 0.1) is 6.04 Å². The maximum atomic E-state index is 12.8. The van der Waals surface area contributed by atoms with Gasteiger partial charge >= 0.3 is 0 Å². The predicted octanol–water partition coefficient (Wildman–Crippen LogP) is 1.95. The molecular weight excluding hydrogens is 388 g/mol. The number of carbonyl (C=O) groups is 1. The lowest BCUT2D eigenvalue weighted by Crippen LogP contribution is -2.57. The van der Waals surface area contributed by atoms with E-state index in [1.165, 1.54) is 32.5 Å². The Balaban J connectivity index is 1.49. The highest BCUT2D eigenvalue weighted by molar-refractivity contribution is 5.82. The standard InChI is InChI=1S/C24H46N6O/c1-5-25-24(26-17-22-9-8-10-27(19-22)18-20(2)3)30-15-13-28(14-16-30)21(4)23(31)29-11-6-7-12-29/h20-22H,5-19H2,1-4H3,(H,25,26). The third-order valence-electron chi connectivity index (χ3n) is 7.00. The topological polar surface area (TPSA) is 54.4 Å². The third-order valence-corrected chi connectivity index (χ3v) is 7.00. The van der Waals surface area contributed by atoms with Crippen molar-refractivity contribution in [3.05, 3.63) is 0 Å². The quantitative estimate of drug-likeness (QED) is 0.490. The molecule has 0 radical (unpaired) electrons. The number of aliphatic imine (C=N–C) groups is 1. The molecule has 2 unspecified atom stereocenters. The summed E-state index contributed by atoms with van der Waals surface area (Å²) >= 11 is 0. The van der Waals surface area contributed by atoms with Crippen LogP contribution in [0.15, 0.2) is 4.99 Å². The fourth-order valence-corrected chi connectivity index (χ4v) is 5.30. The van der Waals surface area contributed by atoms with E-state index in [1.807, 2.05) is 0 Å². The van der Waals surface area contributed by atoms with Crippen molar-refractivity contribution in [3.8, 4) is 0 Å². The molecule has 0 spiro atoms. The molecule has 7 heteroatoms. The highest BCUT2D eigenvalue weighted by Crippen LogP contribution is 2.18. The molecule has 3 rings (SSSR count). The van der Waals surface area contributed by atoms with E-state index in [0.717, 1.165) is 77.1 Å². The van der Waals surface area contributed by atoms with E-state index >= 15 is 0 Å². The van der Waals surface area contributed by atoms with Crippen molar-refractivity contribution in [1.82, 2.24) is 24.9 Å². The van der Waals surface area contributed by atoms with E-state index in [4.69, 9.17) is 4.99 Å². The van der Waals surface area contributed by atoms with Gasteiger partial charge in [0, 0.05) is 65.4 Å². The number of amides is 1. The number of rotatable bonds is 7. The minimum absolute atomic E-state index is 0.00560. The Morgan fingerprint density at radius 2 is 1.68 bits per heavy atom. The van der Waals surface area contributed by atoms with Crippen LogP contribution in [0.3, 0.4) is 0 Å². The predicted molar refractivity (Wildman–Crippen MR) is 128 cm³/mol. The molecule has 2 atom stereocenters. The number of likely N-dealkylation sites (tertiary alicyclic amines) is 2. The van der Waals surface area contributed by atoms with Crippen LogP contribution < -0.4 is 5.32 Å². The van der Waals surface area contributed by atoms with Crippen LogP contribution in [0.1, 0.15) is 53.4 Å². The molecule has 3 heterocycles. The van der Waals surface area contributed by atoms with E-state index in [-0.39, 0.29) is 6.04 Å². The number of hydrogen-bond acceptors (Lipinski definition) is 4. The molecule has 0 aromatic heterocycles. The van der Waals surface area contributed by atoms with Crippen molar-refractivity contribution in [2.45, 2.75) is 59.4 Å². The summed E-state index contributed by atoms with van der Waals surface area (Å²) < 4.78 is 0. The summed E-state index contributed by atoms with van der Waals surface area (Å²) in [6, 6.07) is -0.00560. The van der Waals surface area contributed by atoms with Crippen molar-refractivity contribution < 1.29 is 4.79 Å². The van der Waals surface area contributed by atoms with Crippen LogP contribution in [0, 0.1) is 11.8 Å². The summed E-state index contributed by atoms with van der Waals surface area (Å²) in [7, 11) is 0. The highest BCUT2D eigenvalue weighted by Gasteiger charge is 2.30. The Hall–Kier alpha value is -1.34. The zero-order valence-corrected chi connectivity index (χ0v) is 20.5. The van der Waals surface area contributed by atoms with Gasteiger partial charge in [-0.15, -0.1) is 0 Å². The average molecular weight is 435 g/mol. The molecule has 0 saturated carbocycles. The fraction of sp³-hybridized carbons (Fsp3) is 0.917. The second-order valence-electron chi connectivity index (χ2n) is 10.1. The Morgan fingerprint density at radius 1 is 0.968 bits per heavy atom. The first-order chi connectivity index (χ1) is 15.0. The van der Waals surface area contributed by atoms with Gasteiger partial charge in [-0.05, 0) is 57.9 Å². The lowest BCUT2D eigenvalue weighted by Gasteiger charge is -2.40. The number of piperidine rings is 1. The van der Waals surface area contributed by atoms with Crippen LogP contribution in [0.2, 0.25) is 0 Å². The zero-order chi connectivity index (χ0) is 22.2. The summed E-state index contributed by atoms with van der Waals surface area (Å²) in [6.07, 6.45) is 4.91. The number of piperazine rings is 1. The SMILES string of the molecule is CCNC(=NCC1CCCN(CC(C)C)C1)N1CCN(C(C)C(=O)N2CCCC2)CC1. The lowest BCUT2D eigenvalue weighted by molar-refractivity contribution is -0.135. The summed E-state index contributed by atoms with van der Waals surface area (Å²) in [5, 5.41) is 3.52. The molecule has 0 bridgehead atoms. The van der Waals surface area contributed by atoms with Crippen molar-refractivity contribution >= 4 is 11.9 Å². The molecule has 0 aromatic carbocycles. The van der Waals surface area contributed by atoms with E-state index < -0.39 is 0 Å². The molecule has 3 saturated heterocycles. The Morgan fingerprint density at radius 3 is 2.32 bits per heavy atom. The van der Waals surface area contributed by atoms with E-state index in [9.17, 15) is 4.79 Å². The average Bonchev–Trinajstić information content (AvgIpc) is 3.30. The minimum atomic E-state index is -0.00560. The van der Waals surface area contributed by atoms with Crippen LogP contribution >= 0.6 is 0 Å². The second kappa shape index (κ2) is 12.0. The molecule has 178 valence electrons. The Bertz CT molecular complexity index is 581. The van der Waals surface area contributed by atoms with E-state index in [2.05, 4.69) is 52.6 Å². The first kappa shape index (κ1) is 24.3. The van der Waals surface area contributed by atoms with Gasteiger partial charge in [0.2, 0.25) is 5.91 Å². The largest absolute Gasteiger partial charge is 0.357 e. The molecule has 1 N–H and O–H groups in total. The van der Waals surface area contributed by atoms with Gasteiger partial charge < -0.3 is 20.0 Å². The first-order valence-electron chi connectivity index (χ1n) is 12.8. The van der Waals surface area contributed by atoms with Crippen molar-refractivity contribution in [3.63, 3.8) is 0 Å². The van der Waals surface area contributed by atoms with Gasteiger partial charge in [0.25, 0.3) is 0 Å². The molecule has 7 nitrogen and oxygen atoms in total. The zero-order valence-electron chi connectivity index (χ0n) is 20.5. The lowest BCUT2D eigenvalue weighted by atomic mass is 9.97. The number of nitrogens with zero attached hydrogens (tertiary/aromatic N) is 5. The van der Waals surface area contributed by atoms with Crippen molar-refractivity contribution in [2.75, 3.05) is 72.0 Å². The molecule has 1 amide bonds. The monoisotopic (exact) mass is 434 g/mol. The third kappa shape index (κ3) is 7.07. The number of guanidine groups is 1. The molecule has 3 fully saturated rings. The van der Waals surface area contributed by atoms with Gasteiger partial charge in [-0.2, -0.15) is 0 Å². The second-order valence-corrected chi connectivity index (χ2v) is 10.1. The van der Waals surface area contributed by atoms with Crippen LogP contribution in [0.5, 0.6) is 0 Å². The number of nitrogens with one attached hydrogen (secondary N) is 1. The fourth-order valence-electron chi connectivity index (χ4n) is 5.30. The smallest absolute Gasteiger partial charge is 0.239 e. The Labute approximate surface area is 190 Å². The van der Waals surface area contributed by atoms with Gasteiger partial charge in [-0.25, -0.2) is 0 Å². The summed E-state index contributed by atoms with van der Waals surface area (Å²) in [6.45, 7) is 19.9. The summed E-state index contributed by atoms with van der Waals surface area (Å²) in [5.74, 6) is 2.77.